The fraction of sp³-hybridized carbons (Fsp3) is 0.625. The van der Waals surface area contributed by atoms with E-state index in [0.717, 1.165) is 6.54 Å². The van der Waals surface area contributed by atoms with E-state index in [4.69, 9.17) is 0 Å². The molecule has 0 unspecified atom stereocenters. The van der Waals surface area contributed by atoms with Gasteiger partial charge >= 0.3 is 0 Å². The second-order valence-corrected chi connectivity index (χ2v) is 5.83. The van der Waals surface area contributed by atoms with Gasteiger partial charge < -0.3 is 5.32 Å². The zero-order chi connectivity index (χ0) is 12.3. The molecule has 1 heterocycles. The molecule has 2 heteroatoms. The average Bonchev–Trinajstić information content (AvgIpc) is 2.88. The largest absolute Gasteiger partial charge is 0.314 e. The van der Waals surface area contributed by atoms with Crippen LogP contribution in [-0.4, -0.2) is 36.6 Å². The van der Waals surface area contributed by atoms with Gasteiger partial charge in [0.25, 0.3) is 0 Å². The normalized spacial score (nSPS) is 23.6. The molecule has 2 nitrogen and oxygen atoms in total. The van der Waals surface area contributed by atoms with Crippen molar-refractivity contribution in [2.45, 2.75) is 37.6 Å². The standard InChI is InChI=1S/C16H24N2/c1-2-6-15(7-3-1)8-12-18-13-11-17-14-16(18)9-4-5-10-16/h1-3,6-7,17H,4-5,8-14H2. The van der Waals surface area contributed by atoms with Gasteiger partial charge in [0, 0.05) is 31.7 Å². The van der Waals surface area contributed by atoms with E-state index in [1.165, 1.54) is 57.3 Å². The van der Waals surface area contributed by atoms with Crippen LogP contribution in [0.2, 0.25) is 0 Å². The van der Waals surface area contributed by atoms with Crippen molar-refractivity contribution in [3.63, 3.8) is 0 Å². The lowest BCUT2D eigenvalue weighted by Crippen LogP contribution is -2.60. The first-order valence-electron chi connectivity index (χ1n) is 7.39. The molecule has 1 saturated carbocycles. The van der Waals surface area contributed by atoms with Gasteiger partial charge in [-0.25, -0.2) is 0 Å². The third kappa shape index (κ3) is 2.45. The Kier molecular flexibility index (Phi) is 3.67. The first-order valence-corrected chi connectivity index (χ1v) is 7.39. The van der Waals surface area contributed by atoms with Crippen LogP contribution < -0.4 is 5.32 Å². The summed E-state index contributed by atoms with van der Waals surface area (Å²) in [5.41, 5.74) is 1.97. The van der Waals surface area contributed by atoms with Crippen LogP contribution in [0.5, 0.6) is 0 Å². The van der Waals surface area contributed by atoms with Gasteiger partial charge in [-0.15, -0.1) is 0 Å². The molecule has 1 aromatic rings. The Morgan fingerprint density at radius 3 is 2.67 bits per heavy atom. The second-order valence-electron chi connectivity index (χ2n) is 5.83. The van der Waals surface area contributed by atoms with Crippen molar-refractivity contribution in [3.8, 4) is 0 Å². The molecule has 3 rings (SSSR count). The van der Waals surface area contributed by atoms with Crippen LogP contribution in [0.1, 0.15) is 31.2 Å². The molecular formula is C16H24N2. The Morgan fingerprint density at radius 1 is 1.11 bits per heavy atom. The van der Waals surface area contributed by atoms with Crippen molar-refractivity contribution in [2.24, 2.45) is 0 Å². The Morgan fingerprint density at radius 2 is 1.89 bits per heavy atom. The minimum atomic E-state index is 0.493. The summed E-state index contributed by atoms with van der Waals surface area (Å²) in [6, 6.07) is 10.9. The van der Waals surface area contributed by atoms with Crippen molar-refractivity contribution in [1.29, 1.82) is 0 Å². The monoisotopic (exact) mass is 244 g/mol. The number of hydrogen-bond donors (Lipinski definition) is 1. The van der Waals surface area contributed by atoms with Crippen LogP contribution in [0.4, 0.5) is 0 Å². The molecule has 1 aromatic carbocycles. The van der Waals surface area contributed by atoms with Crippen molar-refractivity contribution in [2.75, 3.05) is 26.2 Å². The highest BCUT2D eigenvalue weighted by Gasteiger charge is 2.40. The Labute approximate surface area is 110 Å². The lowest BCUT2D eigenvalue weighted by molar-refractivity contribution is 0.0661. The summed E-state index contributed by atoms with van der Waals surface area (Å²) in [6.07, 6.45) is 6.83. The van der Waals surface area contributed by atoms with Gasteiger partial charge in [-0.1, -0.05) is 43.2 Å². The van der Waals surface area contributed by atoms with E-state index in [-0.39, 0.29) is 0 Å². The lowest BCUT2D eigenvalue weighted by Gasteiger charge is -2.45. The van der Waals surface area contributed by atoms with Gasteiger partial charge in [-0.05, 0) is 24.8 Å². The van der Waals surface area contributed by atoms with Gasteiger partial charge in [0.15, 0.2) is 0 Å². The first-order chi connectivity index (χ1) is 8.89. The van der Waals surface area contributed by atoms with E-state index >= 15 is 0 Å². The summed E-state index contributed by atoms with van der Waals surface area (Å²) in [7, 11) is 0. The van der Waals surface area contributed by atoms with E-state index in [1.807, 2.05) is 0 Å². The zero-order valence-electron chi connectivity index (χ0n) is 11.2. The third-order valence-electron chi connectivity index (χ3n) is 4.73. The Bertz CT molecular complexity index is 368. The highest BCUT2D eigenvalue weighted by Crippen LogP contribution is 2.36. The second kappa shape index (κ2) is 5.41. The number of rotatable bonds is 3. The fourth-order valence-corrected chi connectivity index (χ4v) is 3.67. The van der Waals surface area contributed by atoms with Crippen LogP contribution in [0.3, 0.4) is 0 Å². The first kappa shape index (κ1) is 12.2. The molecule has 0 aromatic heterocycles. The number of piperazine rings is 1. The van der Waals surface area contributed by atoms with Gasteiger partial charge in [0.05, 0.1) is 0 Å². The Balaban J connectivity index is 1.63. The zero-order valence-corrected chi connectivity index (χ0v) is 11.2. The SMILES string of the molecule is c1ccc(CCN2CCNCC23CCCC3)cc1. The quantitative estimate of drug-likeness (QED) is 0.878. The van der Waals surface area contributed by atoms with Crippen LogP contribution in [0, 0.1) is 0 Å². The highest BCUT2D eigenvalue weighted by atomic mass is 15.3. The summed E-state index contributed by atoms with van der Waals surface area (Å²) < 4.78 is 0. The molecule has 0 radical (unpaired) electrons. The molecule has 1 saturated heterocycles. The van der Waals surface area contributed by atoms with Gasteiger partial charge in [0.1, 0.15) is 0 Å². The molecule has 1 spiro atoms. The smallest absolute Gasteiger partial charge is 0.0334 e. The molecule has 98 valence electrons. The fourth-order valence-electron chi connectivity index (χ4n) is 3.67. The minimum absolute atomic E-state index is 0.493. The summed E-state index contributed by atoms with van der Waals surface area (Å²) in [5, 5.41) is 3.60. The van der Waals surface area contributed by atoms with E-state index in [9.17, 15) is 0 Å². The molecule has 2 fully saturated rings. The molecule has 2 aliphatic rings. The van der Waals surface area contributed by atoms with Crippen molar-refractivity contribution in [3.05, 3.63) is 35.9 Å². The molecular weight excluding hydrogens is 220 g/mol. The van der Waals surface area contributed by atoms with Crippen molar-refractivity contribution in [1.82, 2.24) is 10.2 Å². The maximum absolute atomic E-state index is 3.60. The van der Waals surface area contributed by atoms with Crippen LogP contribution in [-0.2, 0) is 6.42 Å². The predicted octanol–water partition coefficient (Wildman–Crippen LogP) is 2.45. The maximum atomic E-state index is 3.60. The summed E-state index contributed by atoms with van der Waals surface area (Å²) in [5.74, 6) is 0. The topological polar surface area (TPSA) is 15.3 Å². The van der Waals surface area contributed by atoms with Gasteiger partial charge in [-0.2, -0.15) is 0 Å². The molecule has 0 bridgehead atoms. The predicted molar refractivity (Wildman–Crippen MR) is 75.8 cm³/mol. The van der Waals surface area contributed by atoms with Crippen LogP contribution in [0.25, 0.3) is 0 Å². The molecule has 1 aliphatic heterocycles. The van der Waals surface area contributed by atoms with Gasteiger partial charge in [-0.3, -0.25) is 4.90 Å². The van der Waals surface area contributed by atoms with Crippen LogP contribution >= 0.6 is 0 Å². The van der Waals surface area contributed by atoms with Gasteiger partial charge in [0.2, 0.25) is 0 Å². The summed E-state index contributed by atoms with van der Waals surface area (Å²) in [6.45, 7) is 4.83. The maximum Gasteiger partial charge on any atom is 0.0334 e. The van der Waals surface area contributed by atoms with Crippen molar-refractivity contribution < 1.29 is 0 Å². The molecule has 0 atom stereocenters. The number of hydrogen-bond acceptors (Lipinski definition) is 2. The third-order valence-corrected chi connectivity index (χ3v) is 4.73. The molecule has 1 N–H and O–H groups in total. The Hall–Kier alpha value is -0.860. The lowest BCUT2D eigenvalue weighted by atomic mass is 9.92. The summed E-state index contributed by atoms with van der Waals surface area (Å²) in [4.78, 5) is 2.77. The van der Waals surface area contributed by atoms with E-state index < -0.39 is 0 Å². The average molecular weight is 244 g/mol. The summed E-state index contributed by atoms with van der Waals surface area (Å²) >= 11 is 0. The number of nitrogens with zero attached hydrogens (tertiary/aromatic N) is 1. The molecule has 18 heavy (non-hydrogen) atoms. The van der Waals surface area contributed by atoms with E-state index in [2.05, 4.69) is 40.5 Å². The number of nitrogens with one attached hydrogen (secondary N) is 1. The van der Waals surface area contributed by atoms with Crippen molar-refractivity contribution >= 4 is 0 Å². The van der Waals surface area contributed by atoms with E-state index in [0.29, 0.717) is 5.54 Å². The van der Waals surface area contributed by atoms with E-state index in [1.54, 1.807) is 0 Å². The molecule has 1 aliphatic carbocycles. The molecule has 0 amide bonds. The number of benzene rings is 1. The highest BCUT2D eigenvalue weighted by molar-refractivity contribution is 5.15. The minimum Gasteiger partial charge on any atom is -0.314 e. The van der Waals surface area contributed by atoms with Crippen LogP contribution in [0.15, 0.2) is 30.3 Å².